The van der Waals surface area contributed by atoms with Crippen LogP contribution < -0.4 is 5.32 Å². The third-order valence-electron chi connectivity index (χ3n) is 2.46. The van der Waals surface area contributed by atoms with Crippen molar-refractivity contribution in [3.8, 4) is 0 Å². The van der Waals surface area contributed by atoms with Gasteiger partial charge < -0.3 is 10.0 Å². The SMILES string of the molecule is CCCCN(CCCC)C(=O)NC(=O)/C=C/C(=O)O. The summed E-state index contributed by atoms with van der Waals surface area (Å²) in [5.74, 6) is -1.94. The van der Waals surface area contributed by atoms with Gasteiger partial charge in [0.05, 0.1) is 0 Å². The molecule has 0 bridgehead atoms. The van der Waals surface area contributed by atoms with Gasteiger partial charge in [0, 0.05) is 25.2 Å². The van der Waals surface area contributed by atoms with Crippen LogP contribution >= 0.6 is 0 Å². The molecule has 0 saturated carbocycles. The first-order valence-electron chi connectivity index (χ1n) is 6.52. The van der Waals surface area contributed by atoms with Crippen LogP contribution in [0, 0.1) is 0 Å². The highest BCUT2D eigenvalue weighted by Crippen LogP contribution is 1.99. The van der Waals surface area contributed by atoms with Gasteiger partial charge in [-0.25, -0.2) is 9.59 Å². The molecule has 0 unspecified atom stereocenters. The molecule has 0 radical (unpaired) electrons. The second-order valence-corrected chi connectivity index (χ2v) is 4.16. The van der Waals surface area contributed by atoms with Crippen molar-refractivity contribution in [1.29, 1.82) is 0 Å². The number of carboxylic acid groups (broad SMARTS) is 1. The van der Waals surface area contributed by atoms with Crippen molar-refractivity contribution in [2.75, 3.05) is 13.1 Å². The number of hydrogen-bond acceptors (Lipinski definition) is 3. The van der Waals surface area contributed by atoms with Crippen molar-refractivity contribution >= 4 is 17.9 Å². The Morgan fingerprint density at radius 2 is 1.58 bits per heavy atom. The normalized spacial score (nSPS) is 10.4. The van der Waals surface area contributed by atoms with Gasteiger partial charge in [0.15, 0.2) is 0 Å². The summed E-state index contributed by atoms with van der Waals surface area (Å²) in [6.07, 6.45) is 5.20. The maximum Gasteiger partial charge on any atom is 0.328 e. The lowest BCUT2D eigenvalue weighted by Crippen LogP contribution is -2.43. The molecule has 0 spiro atoms. The minimum absolute atomic E-state index is 0.470. The lowest BCUT2D eigenvalue weighted by atomic mass is 10.3. The summed E-state index contributed by atoms with van der Waals surface area (Å²) in [5, 5.41) is 10.5. The van der Waals surface area contributed by atoms with Crippen LogP contribution in [-0.2, 0) is 9.59 Å². The van der Waals surface area contributed by atoms with Crippen molar-refractivity contribution in [3.05, 3.63) is 12.2 Å². The molecule has 19 heavy (non-hydrogen) atoms. The molecule has 0 aromatic carbocycles. The van der Waals surface area contributed by atoms with Crippen molar-refractivity contribution < 1.29 is 19.5 Å². The maximum absolute atomic E-state index is 11.8. The van der Waals surface area contributed by atoms with Crippen LogP contribution in [0.15, 0.2) is 12.2 Å². The van der Waals surface area contributed by atoms with E-state index in [0.717, 1.165) is 31.8 Å². The van der Waals surface area contributed by atoms with E-state index in [0.29, 0.717) is 19.2 Å². The molecule has 2 N–H and O–H groups in total. The molecular formula is C13H22N2O4. The predicted octanol–water partition coefficient (Wildman–Crippen LogP) is 1.77. The van der Waals surface area contributed by atoms with Gasteiger partial charge in [-0.05, 0) is 12.8 Å². The Bertz CT molecular complexity index is 332. The topological polar surface area (TPSA) is 86.7 Å². The second kappa shape index (κ2) is 10.1. The number of urea groups is 1. The Balaban J connectivity index is 4.36. The fraction of sp³-hybridized carbons (Fsp3) is 0.615. The molecule has 0 fully saturated rings. The summed E-state index contributed by atoms with van der Waals surface area (Å²) < 4.78 is 0. The number of amides is 3. The number of hydrogen-bond donors (Lipinski definition) is 2. The van der Waals surface area contributed by atoms with Crippen LogP contribution in [0.2, 0.25) is 0 Å². The summed E-state index contributed by atoms with van der Waals surface area (Å²) in [5.41, 5.74) is 0. The number of carbonyl (C=O) groups excluding carboxylic acids is 2. The highest BCUT2D eigenvalue weighted by Gasteiger charge is 2.14. The van der Waals surface area contributed by atoms with E-state index in [1.165, 1.54) is 0 Å². The highest BCUT2D eigenvalue weighted by molar-refractivity contribution is 6.02. The number of nitrogens with zero attached hydrogens (tertiary/aromatic N) is 1. The summed E-state index contributed by atoms with van der Waals surface area (Å²) in [6, 6.07) is -0.470. The monoisotopic (exact) mass is 270 g/mol. The first kappa shape index (κ1) is 17.2. The number of nitrogens with one attached hydrogen (secondary N) is 1. The number of aliphatic carboxylic acids is 1. The van der Waals surface area contributed by atoms with E-state index >= 15 is 0 Å². The van der Waals surface area contributed by atoms with Gasteiger partial charge in [0.1, 0.15) is 0 Å². The van der Waals surface area contributed by atoms with E-state index < -0.39 is 17.9 Å². The Labute approximate surface area is 113 Å². The third kappa shape index (κ3) is 8.82. The quantitative estimate of drug-likeness (QED) is 0.658. The molecule has 6 heteroatoms. The zero-order valence-electron chi connectivity index (χ0n) is 11.5. The Morgan fingerprint density at radius 3 is 2.00 bits per heavy atom. The molecule has 6 nitrogen and oxygen atoms in total. The fourth-order valence-corrected chi connectivity index (χ4v) is 1.39. The van der Waals surface area contributed by atoms with Crippen LogP contribution in [-0.4, -0.2) is 41.0 Å². The number of carbonyl (C=O) groups is 3. The van der Waals surface area contributed by atoms with Gasteiger partial charge in [0.25, 0.3) is 5.91 Å². The molecule has 0 aliphatic carbocycles. The van der Waals surface area contributed by atoms with Gasteiger partial charge >= 0.3 is 12.0 Å². The molecule has 0 rings (SSSR count). The predicted molar refractivity (Wildman–Crippen MR) is 71.7 cm³/mol. The molecular weight excluding hydrogens is 248 g/mol. The average Bonchev–Trinajstić information content (AvgIpc) is 2.36. The first-order chi connectivity index (χ1) is 9.01. The van der Waals surface area contributed by atoms with E-state index in [2.05, 4.69) is 5.32 Å². The highest BCUT2D eigenvalue weighted by atomic mass is 16.4. The van der Waals surface area contributed by atoms with Gasteiger partial charge in [-0.2, -0.15) is 0 Å². The van der Waals surface area contributed by atoms with Crippen LogP contribution in [0.25, 0.3) is 0 Å². The maximum atomic E-state index is 11.8. The molecule has 0 aromatic heterocycles. The molecule has 0 saturated heterocycles. The minimum Gasteiger partial charge on any atom is -0.478 e. The third-order valence-corrected chi connectivity index (χ3v) is 2.46. The van der Waals surface area contributed by atoms with E-state index in [1.807, 2.05) is 13.8 Å². The van der Waals surface area contributed by atoms with Gasteiger partial charge in [0.2, 0.25) is 0 Å². The summed E-state index contributed by atoms with van der Waals surface area (Å²) in [6.45, 7) is 5.24. The zero-order chi connectivity index (χ0) is 14.7. The lowest BCUT2D eigenvalue weighted by molar-refractivity contribution is -0.131. The van der Waals surface area contributed by atoms with Crippen LogP contribution in [0.3, 0.4) is 0 Å². The fourth-order valence-electron chi connectivity index (χ4n) is 1.39. The van der Waals surface area contributed by atoms with E-state index in [4.69, 9.17) is 5.11 Å². The van der Waals surface area contributed by atoms with Gasteiger partial charge in [-0.15, -0.1) is 0 Å². The first-order valence-corrected chi connectivity index (χ1v) is 6.52. The van der Waals surface area contributed by atoms with Crippen molar-refractivity contribution in [2.45, 2.75) is 39.5 Å². The summed E-state index contributed by atoms with van der Waals surface area (Å²) in [7, 11) is 0. The van der Waals surface area contributed by atoms with Crippen LogP contribution in [0.1, 0.15) is 39.5 Å². The molecule has 0 aliphatic heterocycles. The van der Waals surface area contributed by atoms with Crippen LogP contribution in [0.4, 0.5) is 4.79 Å². The van der Waals surface area contributed by atoms with E-state index in [-0.39, 0.29) is 0 Å². The lowest BCUT2D eigenvalue weighted by Gasteiger charge is -2.21. The number of unbranched alkanes of at least 4 members (excludes halogenated alkanes) is 2. The van der Waals surface area contributed by atoms with E-state index in [9.17, 15) is 14.4 Å². The molecule has 0 heterocycles. The van der Waals surface area contributed by atoms with Crippen molar-refractivity contribution in [3.63, 3.8) is 0 Å². The number of carboxylic acids is 1. The van der Waals surface area contributed by atoms with E-state index in [1.54, 1.807) is 4.90 Å². The Hall–Kier alpha value is -1.85. The Kier molecular flexibility index (Phi) is 9.12. The molecule has 3 amide bonds. The molecule has 0 aliphatic rings. The zero-order valence-corrected chi connectivity index (χ0v) is 11.5. The molecule has 0 atom stereocenters. The minimum atomic E-state index is -1.23. The smallest absolute Gasteiger partial charge is 0.328 e. The van der Waals surface area contributed by atoms with Gasteiger partial charge in [-0.1, -0.05) is 26.7 Å². The molecule has 0 aromatic rings. The van der Waals surface area contributed by atoms with Gasteiger partial charge in [-0.3, -0.25) is 10.1 Å². The average molecular weight is 270 g/mol. The van der Waals surface area contributed by atoms with Crippen molar-refractivity contribution in [1.82, 2.24) is 10.2 Å². The number of rotatable bonds is 8. The van der Waals surface area contributed by atoms with Crippen LogP contribution in [0.5, 0.6) is 0 Å². The Morgan fingerprint density at radius 1 is 1.05 bits per heavy atom. The molecule has 108 valence electrons. The largest absolute Gasteiger partial charge is 0.478 e. The number of imide groups is 1. The second-order valence-electron chi connectivity index (χ2n) is 4.16. The summed E-state index contributed by atoms with van der Waals surface area (Å²) >= 11 is 0. The summed E-state index contributed by atoms with van der Waals surface area (Å²) in [4.78, 5) is 35.0. The standard InChI is InChI=1S/C13H22N2O4/c1-3-5-9-15(10-6-4-2)13(19)14-11(16)7-8-12(17)18/h7-8H,3-6,9-10H2,1-2H3,(H,17,18)(H,14,16,19)/b8-7+. The van der Waals surface area contributed by atoms with Crippen molar-refractivity contribution in [2.24, 2.45) is 0 Å².